The average Bonchev–Trinajstić information content (AvgIpc) is 3.17. The molecule has 4 rings (SSSR count). The molecule has 3 N–H and O–H groups in total. The minimum absolute atomic E-state index is 0.00687. The van der Waals surface area contributed by atoms with E-state index in [1.54, 1.807) is 12.1 Å². The number of aryl methyl sites for hydroxylation is 1. The van der Waals surface area contributed by atoms with Crippen LogP contribution in [0.15, 0.2) is 48.5 Å². The highest BCUT2D eigenvalue weighted by Crippen LogP contribution is 2.31. The van der Waals surface area contributed by atoms with E-state index in [1.807, 2.05) is 24.3 Å². The molecule has 1 heterocycles. The van der Waals surface area contributed by atoms with Crippen molar-refractivity contribution in [3.05, 3.63) is 59.9 Å². The smallest absolute Gasteiger partial charge is 0.221 e. The molecule has 0 unspecified atom stereocenters. The largest absolute Gasteiger partial charge is 0.356 e. The molecule has 0 atom stereocenters. The molecule has 0 aliphatic heterocycles. The van der Waals surface area contributed by atoms with Gasteiger partial charge in [0, 0.05) is 42.0 Å². The molecule has 1 aromatic heterocycles. The molecular weight excluding hydrogens is 405 g/mol. The van der Waals surface area contributed by atoms with Crippen molar-refractivity contribution in [2.75, 3.05) is 6.54 Å². The van der Waals surface area contributed by atoms with E-state index < -0.39 is 0 Å². The van der Waals surface area contributed by atoms with Crippen LogP contribution >= 0.6 is 0 Å². The zero-order chi connectivity index (χ0) is 22.3. The van der Waals surface area contributed by atoms with E-state index in [1.165, 1.54) is 31.4 Å². The average molecular weight is 436 g/mol. The fraction of sp³-hybridized carbons (Fsp3) is 0.385. The third-order valence-corrected chi connectivity index (χ3v) is 6.19. The summed E-state index contributed by atoms with van der Waals surface area (Å²) in [4.78, 5) is 28.0. The van der Waals surface area contributed by atoms with Gasteiger partial charge < -0.3 is 15.6 Å². The van der Waals surface area contributed by atoms with Crippen LogP contribution in [-0.2, 0) is 16.0 Å². The number of nitrogens with one attached hydrogen (secondary N) is 3. The van der Waals surface area contributed by atoms with Crippen molar-refractivity contribution >= 4 is 22.7 Å². The van der Waals surface area contributed by atoms with Gasteiger partial charge in [0.25, 0.3) is 0 Å². The molecule has 1 saturated carbocycles. The van der Waals surface area contributed by atoms with Crippen molar-refractivity contribution < 1.29 is 14.0 Å². The Morgan fingerprint density at radius 2 is 1.69 bits per heavy atom. The summed E-state index contributed by atoms with van der Waals surface area (Å²) >= 11 is 0. The zero-order valence-corrected chi connectivity index (χ0v) is 18.3. The Kier molecular flexibility index (Phi) is 7.20. The summed E-state index contributed by atoms with van der Waals surface area (Å²) in [5.74, 6) is -0.350. The van der Waals surface area contributed by atoms with Crippen molar-refractivity contribution in [2.45, 2.75) is 57.4 Å². The monoisotopic (exact) mass is 435 g/mol. The quantitative estimate of drug-likeness (QED) is 0.473. The number of hydrogen-bond donors (Lipinski definition) is 3. The lowest BCUT2D eigenvalue weighted by molar-refractivity contribution is -0.122. The number of para-hydroxylation sites is 1. The van der Waals surface area contributed by atoms with Gasteiger partial charge in [0.2, 0.25) is 11.8 Å². The predicted molar refractivity (Wildman–Crippen MR) is 125 cm³/mol. The number of benzene rings is 2. The number of amides is 2. The summed E-state index contributed by atoms with van der Waals surface area (Å²) in [5.41, 5.74) is 3.82. The van der Waals surface area contributed by atoms with Crippen LogP contribution in [0.1, 0.15) is 50.5 Å². The summed E-state index contributed by atoms with van der Waals surface area (Å²) in [6.07, 6.45) is 6.89. The molecule has 6 heteroatoms. The van der Waals surface area contributed by atoms with Crippen LogP contribution < -0.4 is 10.6 Å². The molecule has 3 aromatic rings. The van der Waals surface area contributed by atoms with E-state index in [4.69, 9.17) is 0 Å². The van der Waals surface area contributed by atoms with E-state index in [0.29, 0.717) is 31.8 Å². The molecule has 5 nitrogen and oxygen atoms in total. The number of rotatable bonds is 8. The predicted octanol–water partition coefficient (Wildman–Crippen LogP) is 4.86. The van der Waals surface area contributed by atoms with E-state index in [2.05, 4.69) is 15.6 Å². The van der Waals surface area contributed by atoms with Gasteiger partial charge in [-0.15, -0.1) is 0 Å². The highest BCUT2D eigenvalue weighted by atomic mass is 19.1. The van der Waals surface area contributed by atoms with Crippen LogP contribution in [0.25, 0.3) is 22.2 Å². The van der Waals surface area contributed by atoms with Crippen molar-refractivity contribution in [3.63, 3.8) is 0 Å². The van der Waals surface area contributed by atoms with Crippen molar-refractivity contribution in [1.82, 2.24) is 15.6 Å². The molecule has 0 saturated heterocycles. The maximum absolute atomic E-state index is 13.4. The summed E-state index contributed by atoms with van der Waals surface area (Å²) in [5, 5.41) is 7.01. The summed E-state index contributed by atoms with van der Waals surface area (Å²) < 4.78 is 13.4. The van der Waals surface area contributed by atoms with Crippen LogP contribution in [0.2, 0.25) is 0 Å². The highest BCUT2D eigenvalue weighted by Gasteiger charge is 2.17. The molecule has 168 valence electrons. The first kappa shape index (κ1) is 22.1. The standard InChI is InChI=1S/C26H30FN3O2/c27-19-12-10-18(11-13-19)26-22(21-8-4-5-9-23(21)30-26)14-15-24(31)28-17-16-25(32)29-20-6-2-1-3-7-20/h4-5,8-13,20,30H,1-3,6-7,14-17H2,(H,28,31)(H,29,32). The molecule has 2 amide bonds. The lowest BCUT2D eigenvalue weighted by atomic mass is 9.95. The van der Waals surface area contributed by atoms with Gasteiger partial charge in [-0.25, -0.2) is 4.39 Å². The summed E-state index contributed by atoms with van der Waals surface area (Å²) in [6.45, 7) is 0.343. The van der Waals surface area contributed by atoms with E-state index in [0.717, 1.165) is 40.6 Å². The molecule has 1 fully saturated rings. The fourth-order valence-corrected chi connectivity index (χ4v) is 4.51. The van der Waals surface area contributed by atoms with Crippen molar-refractivity contribution in [2.24, 2.45) is 0 Å². The van der Waals surface area contributed by atoms with Crippen molar-refractivity contribution in [1.29, 1.82) is 0 Å². The second-order valence-corrected chi connectivity index (χ2v) is 8.53. The number of aromatic amines is 1. The van der Waals surface area contributed by atoms with E-state index in [9.17, 15) is 14.0 Å². The van der Waals surface area contributed by atoms with Crippen molar-refractivity contribution in [3.8, 4) is 11.3 Å². The van der Waals surface area contributed by atoms with Crippen LogP contribution in [0, 0.1) is 5.82 Å². The number of aromatic nitrogens is 1. The Bertz CT molecular complexity index is 1070. The molecule has 1 aliphatic carbocycles. The third kappa shape index (κ3) is 5.55. The molecule has 2 aromatic carbocycles. The normalized spacial score (nSPS) is 14.4. The molecule has 0 bridgehead atoms. The van der Waals surface area contributed by atoms with Gasteiger partial charge in [-0.05, 0) is 60.7 Å². The number of halogens is 1. The Morgan fingerprint density at radius 3 is 2.47 bits per heavy atom. The lowest BCUT2D eigenvalue weighted by Gasteiger charge is -2.22. The summed E-state index contributed by atoms with van der Waals surface area (Å²) in [7, 11) is 0. The van der Waals surface area contributed by atoms with Gasteiger partial charge in [-0.1, -0.05) is 37.5 Å². The van der Waals surface area contributed by atoms with Crippen LogP contribution in [0.4, 0.5) is 4.39 Å². The lowest BCUT2D eigenvalue weighted by Crippen LogP contribution is -2.38. The Hall–Kier alpha value is -3.15. The van der Waals surface area contributed by atoms with Crippen LogP contribution in [0.5, 0.6) is 0 Å². The third-order valence-electron chi connectivity index (χ3n) is 6.19. The van der Waals surface area contributed by atoms with Gasteiger partial charge in [-0.2, -0.15) is 0 Å². The molecule has 0 radical (unpaired) electrons. The first-order chi connectivity index (χ1) is 15.6. The highest BCUT2D eigenvalue weighted by molar-refractivity contribution is 5.91. The maximum atomic E-state index is 13.4. The van der Waals surface area contributed by atoms with Gasteiger partial charge in [0.15, 0.2) is 0 Å². The van der Waals surface area contributed by atoms with Gasteiger partial charge in [-0.3, -0.25) is 9.59 Å². The van der Waals surface area contributed by atoms with E-state index in [-0.39, 0.29) is 17.6 Å². The van der Waals surface area contributed by atoms with Gasteiger partial charge >= 0.3 is 0 Å². The Labute approximate surface area is 187 Å². The number of hydrogen-bond acceptors (Lipinski definition) is 2. The maximum Gasteiger partial charge on any atom is 0.221 e. The summed E-state index contributed by atoms with van der Waals surface area (Å²) in [6, 6.07) is 14.6. The van der Waals surface area contributed by atoms with Gasteiger partial charge in [0.1, 0.15) is 5.82 Å². The zero-order valence-electron chi connectivity index (χ0n) is 18.3. The molecule has 1 aliphatic rings. The molecule has 32 heavy (non-hydrogen) atoms. The number of fused-ring (bicyclic) bond motifs is 1. The number of carbonyl (C=O) groups is 2. The first-order valence-corrected chi connectivity index (χ1v) is 11.5. The SMILES string of the molecule is O=C(CCc1c(-c2ccc(F)cc2)[nH]c2ccccc12)NCCC(=O)NC1CCCCC1. The second-order valence-electron chi connectivity index (χ2n) is 8.53. The Balaban J connectivity index is 1.33. The van der Waals surface area contributed by atoms with E-state index >= 15 is 0 Å². The van der Waals surface area contributed by atoms with Crippen LogP contribution in [-0.4, -0.2) is 29.4 Å². The Morgan fingerprint density at radius 1 is 0.938 bits per heavy atom. The van der Waals surface area contributed by atoms with Crippen LogP contribution in [0.3, 0.4) is 0 Å². The first-order valence-electron chi connectivity index (χ1n) is 11.5. The molecule has 0 spiro atoms. The minimum atomic E-state index is -0.279. The minimum Gasteiger partial charge on any atom is -0.356 e. The molecular formula is C26H30FN3O2. The topological polar surface area (TPSA) is 74.0 Å². The number of carbonyl (C=O) groups excluding carboxylic acids is 2. The number of H-pyrrole nitrogens is 1. The fourth-order valence-electron chi connectivity index (χ4n) is 4.51. The van der Waals surface area contributed by atoms with Gasteiger partial charge in [0.05, 0.1) is 0 Å². The second kappa shape index (κ2) is 10.4.